The molecule has 5 fully saturated rings. The van der Waals surface area contributed by atoms with Crippen molar-refractivity contribution >= 4 is 5.97 Å². The van der Waals surface area contributed by atoms with E-state index >= 15 is 0 Å². The van der Waals surface area contributed by atoms with Crippen LogP contribution in [0.15, 0.2) is 11.6 Å². The van der Waals surface area contributed by atoms with Crippen LogP contribution >= 0.6 is 0 Å². The molecule has 6 rings (SSSR count). The molecule has 0 unspecified atom stereocenters. The molecule has 1 saturated heterocycles. The van der Waals surface area contributed by atoms with Crippen molar-refractivity contribution in [2.45, 2.75) is 135 Å². The van der Waals surface area contributed by atoms with Crippen molar-refractivity contribution in [3.8, 4) is 0 Å². The van der Waals surface area contributed by atoms with Gasteiger partial charge in [0.2, 0.25) is 0 Å². The summed E-state index contributed by atoms with van der Waals surface area (Å²) in [5, 5.41) is 97.7. The largest absolute Gasteiger partial charge is 0.481 e. The first kappa shape index (κ1) is 36.6. The van der Waals surface area contributed by atoms with Gasteiger partial charge in [-0.1, -0.05) is 46.3 Å². The Morgan fingerprint density at radius 1 is 0.875 bits per heavy atom. The van der Waals surface area contributed by atoms with E-state index in [1.165, 1.54) is 0 Å². The number of hydrogen-bond acceptors (Lipinski definition) is 11. The molecule has 48 heavy (non-hydrogen) atoms. The zero-order valence-corrected chi connectivity index (χ0v) is 29.0. The number of fused-ring (bicyclic) bond motifs is 7. The summed E-state index contributed by atoms with van der Waals surface area (Å²) in [5.41, 5.74) is -3.13. The molecular formula is C36H58O12. The standard InChI is InChI=1S/C36H58O12/c1-31(2)10-11-36(30(45)46)19(12-31)18-6-7-22-32(3)13-20(40)28(48-29-27(44)26(43)25(42)21(15-37)47-29)35(16-38,17-39)23(32)8-9-33(22,4)34(18,5)14-24(36)41/h6,19-29,37-44H,7-17H2,1-5H3,(H,45,46)/t19-,20-,21+,22+,23+,24+,25+,26-,27+,28-,29-,32+,33+,34+,36+/m0/s1. The summed E-state index contributed by atoms with van der Waals surface area (Å²) >= 11 is 0. The third kappa shape index (κ3) is 4.73. The molecule has 6 aliphatic rings. The van der Waals surface area contributed by atoms with Gasteiger partial charge in [0.1, 0.15) is 29.8 Å². The van der Waals surface area contributed by atoms with Crippen LogP contribution < -0.4 is 0 Å². The highest BCUT2D eigenvalue weighted by Gasteiger charge is 2.73. The van der Waals surface area contributed by atoms with E-state index in [0.29, 0.717) is 38.5 Å². The molecule has 9 N–H and O–H groups in total. The lowest BCUT2D eigenvalue weighted by Crippen LogP contribution is -2.71. The van der Waals surface area contributed by atoms with Crippen molar-refractivity contribution in [3.05, 3.63) is 11.6 Å². The fourth-order valence-electron chi connectivity index (χ4n) is 12.5. The molecule has 1 heterocycles. The van der Waals surface area contributed by atoms with Gasteiger partial charge < -0.3 is 55.4 Å². The molecule has 5 aliphatic carbocycles. The van der Waals surface area contributed by atoms with E-state index in [0.717, 1.165) is 12.0 Å². The third-order valence-electron chi connectivity index (χ3n) is 15.3. The van der Waals surface area contributed by atoms with Crippen LogP contribution in [0.4, 0.5) is 0 Å². The van der Waals surface area contributed by atoms with Gasteiger partial charge >= 0.3 is 5.97 Å². The number of aliphatic hydroxyl groups is 8. The van der Waals surface area contributed by atoms with Crippen molar-refractivity contribution in [3.63, 3.8) is 0 Å². The number of ether oxygens (including phenoxy) is 2. The van der Waals surface area contributed by atoms with Gasteiger partial charge in [0.15, 0.2) is 6.29 Å². The highest BCUT2D eigenvalue weighted by atomic mass is 16.7. The van der Waals surface area contributed by atoms with Gasteiger partial charge in [-0.15, -0.1) is 0 Å². The van der Waals surface area contributed by atoms with Gasteiger partial charge in [0.25, 0.3) is 0 Å². The molecule has 274 valence electrons. The second-order valence-electron chi connectivity index (χ2n) is 17.9. The highest BCUT2D eigenvalue weighted by Crippen LogP contribution is 2.76. The number of hydrogen-bond donors (Lipinski definition) is 9. The van der Waals surface area contributed by atoms with E-state index in [1.807, 2.05) is 0 Å². The number of carboxylic acids is 1. The van der Waals surface area contributed by atoms with Crippen LogP contribution in [0, 0.1) is 50.2 Å². The van der Waals surface area contributed by atoms with Gasteiger partial charge in [-0.05, 0) is 90.8 Å². The first-order valence-corrected chi connectivity index (χ1v) is 17.8. The Morgan fingerprint density at radius 3 is 2.15 bits per heavy atom. The smallest absolute Gasteiger partial charge is 0.312 e. The minimum atomic E-state index is -1.71. The maximum absolute atomic E-state index is 13.0. The lowest BCUT2D eigenvalue weighted by molar-refractivity contribution is -0.349. The van der Waals surface area contributed by atoms with Crippen molar-refractivity contribution in [1.29, 1.82) is 0 Å². The first-order valence-electron chi connectivity index (χ1n) is 17.8. The van der Waals surface area contributed by atoms with Gasteiger partial charge in [-0.25, -0.2) is 0 Å². The molecule has 0 radical (unpaired) electrons. The van der Waals surface area contributed by atoms with Crippen LogP contribution in [-0.2, 0) is 14.3 Å². The van der Waals surface area contributed by atoms with Crippen molar-refractivity contribution in [2.75, 3.05) is 19.8 Å². The summed E-state index contributed by atoms with van der Waals surface area (Å²) in [4.78, 5) is 13.0. The maximum Gasteiger partial charge on any atom is 0.312 e. The average molecular weight is 683 g/mol. The van der Waals surface area contributed by atoms with Crippen molar-refractivity contribution < 1.29 is 60.2 Å². The number of carboxylic acid groups (broad SMARTS) is 1. The molecule has 0 aromatic carbocycles. The van der Waals surface area contributed by atoms with E-state index < -0.39 is 102 Å². The molecule has 15 atom stereocenters. The highest BCUT2D eigenvalue weighted by molar-refractivity contribution is 5.77. The van der Waals surface area contributed by atoms with Crippen molar-refractivity contribution in [1.82, 2.24) is 0 Å². The Labute approximate surface area is 282 Å². The summed E-state index contributed by atoms with van der Waals surface area (Å²) in [6, 6.07) is 0. The zero-order valence-electron chi connectivity index (χ0n) is 29.0. The van der Waals surface area contributed by atoms with E-state index in [9.17, 15) is 50.8 Å². The van der Waals surface area contributed by atoms with E-state index in [4.69, 9.17) is 9.47 Å². The van der Waals surface area contributed by atoms with Gasteiger partial charge in [0.05, 0.1) is 38.1 Å². The predicted octanol–water partition coefficient (Wildman–Crippen LogP) is 0.944. The monoisotopic (exact) mass is 682 g/mol. The normalized spacial score (nSPS) is 52.6. The molecule has 0 spiro atoms. The Bertz CT molecular complexity index is 1280. The van der Waals surface area contributed by atoms with Crippen LogP contribution in [0.1, 0.15) is 86.0 Å². The Hall–Kier alpha value is -1.19. The Balaban J connectivity index is 1.38. The second-order valence-corrected chi connectivity index (χ2v) is 17.9. The lowest BCUT2D eigenvalue weighted by Gasteiger charge is -2.72. The van der Waals surface area contributed by atoms with Gasteiger partial charge in [-0.3, -0.25) is 4.79 Å². The number of aliphatic carboxylic acids is 1. The zero-order chi connectivity index (χ0) is 35.4. The average Bonchev–Trinajstić information content (AvgIpc) is 3.01. The SMILES string of the molecule is CC1(C)CC[C@]2(C(=O)O)[C@H](O)C[C@]3(C)C(=CC[C@@H]4[C@@]5(C)C[C@H](O)[C@H](O[C@@H]6O[C@H](CO)[C@@H](O)[C@H](O)[C@H]6O)C(CO)(CO)[C@@H]5CC[C@]43C)[C@@H]2C1. The van der Waals surface area contributed by atoms with E-state index in [2.05, 4.69) is 40.7 Å². The Kier molecular flexibility index (Phi) is 9.10. The summed E-state index contributed by atoms with van der Waals surface area (Å²) in [7, 11) is 0. The van der Waals surface area contributed by atoms with E-state index in [1.54, 1.807) is 0 Å². The van der Waals surface area contributed by atoms with Crippen molar-refractivity contribution in [2.24, 2.45) is 50.2 Å². The fourth-order valence-corrected chi connectivity index (χ4v) is 12.5. The maximum atomic E-state index is 13.0. The van der Waals surface area contributed by atoms with E-state index in [-0.39, 0.29) is 29.6 Å². The number of aliphatic hydroxyl groups excluding tert-OH is 8. The molecule has 0 amide bonds. The van der Waals surface area contributed by atoms with Crippen LogP contribution in [0.25, 0.3) is 0 Å². The third-order valence-corrected chi connectivity index (χ3v) is 15.3. The summed E-state index contributed by atoms with van der Waals surface area (Å²) in [6.45, 7) is 9.13. The quantitative estimate of drug-likeness (QED) is 0.141. The Morgan fingerprint density at radius 2 is 1.54 bits per heavy atom. The first-order chi connectivity index (χ1) is 22.3. The van der Waals surface area contributed by atoms with Crippen LogP contribution in [0.2, 0.25) is 0 Å². The molecule has 4 saturated carbocycles. The molecule has 12 nitrogen and oxygen atoms in total. The summed E-state index contributed by atoms with van der Waals surface area (Å²) < 4.78 is 11.8. The molecule has 1 aliphatic heterocycles. The van der Waals surface area contributed by atoms with Gasteiger partial charge in [0, 0.05) is 5.41 Å². The lowest BCUT2D eigenvalue weighted by atomic mass is 9.33. The second kappa shape index (κ2) is 11.9. The topological polar surface area (TPSA) is 218 Å². The minimum absolute atomic E-state index is 0.0565. The predicted molar refractivity (Wildman–Crippen MR) is 171 cm³/mol. The fraction of sp³-hybridized carbons (Fsp3) is 0.917. The summed E-state index contributed by atoms with van der Waals surface area (Å²) in [6.07, 6.45) is -4.81. The number of rotatable bonds is 6. The molecule has 0 aromatic rings. The number of allylic oxidation sites excluding steroid dienone is 2. The molecule has 0 bridgehead atoms. The van der Waals surface area contributed by atoms with Gasteiger partial charge in [-0.2, -0.15) is 0 Å². The molecule has 0 aromatic heterocycles. The molecule has 12 heteroatoms. The number of carbonyl (C=O) groups is 1. The van der Waals surface area contributed by atoms with Crippen LogP contribution in [0.3, 0.4) is 0 Å². The van der Waals surface area contributed by atoms with Crippen LogP contribution in [0.5, 0.6) is 0 Å². The minimum Gasteiger partial charge on any atom is -0.481 e. The van der Waals surface area contributed by atoms with Crippen LogP contribution in [-0.4, -0.2) is 121 Å². The molecular weight excluding hydrogens is 624 g/mol. The summed E-state index contributed by atoms with van der Waals surface area (Å²) in [5.74, 6) is -1.65.